The number of rotatable bonds is 5. The summed E-state index contributed by atoms with van der Waals surface area (Å²) in [6.07, 6.45) is 1.63. The first kappa shape index (κ1) is 16.9. The molecule has 3 rings (SSSR count). The fraction of sp³-hybridized carbons (Fsp3) is 0.278. The second-order valence-corrected chi connectivity index (χ2v) is 5.81. The van der Waals surface area contributed by atoms with Crippen LogP contribution in [0.15, 0.2) is 36.5 Å². The summed E-state index contributed by atoms with van der Waals surface area (Å²) < 4.78 is 6.90. The lowest BCUT2D eigenvalue weighted by molar-refractivity contribution is 0.184. The highest BCUT2D eigenvalue weighted by atomic mass is 16.5. The van der Waals surface area contributed by atoms with Gasteiger partial charge in [0.1, 0.15) is 0 Å². The number of carbonyl (C=O) groups is 1. The first-order valence-electron chi connectivity index (χ1n) is 7.98. The van der Waals surface area contributed by atoms with Gasteiger partial charge in [-0.15, -0.1) is 0 Å². The molecular formula is C18H21N5O2. The molecule has 0 fully saturated rings. The summed E-state index contributed by atoms with van der Waals surface area (Å²) in [4.78, 5) is 16.5. The van der Waals surface area contributed by atoms with Gasteiger partial charge in [-0.25, -0.2) is 9.78 Å². The van der Waals surface area contributed by atoms with Gasteiger partial charge in [-0.05, 0) is 24.1 Å². The van der Waals surface area contributed by atoms with Crippen molar-refractivity contribution in [2.75, 3.05) is 12.4 Å². The average Bonchev–Trinajstić information content (AvgIpc) is 2.88. The maximum absolute atomic E-state index is 12.2. The Balaban J connectivity index is 1.66. The molecule has 0 aliphatic carbocycles. The standard InChI is InChI=1S/C18H21N5O2/c1-12-16-8-15(10-19-17(16)23(2)22-12)21-18(24)20-9-13-6-4-5-7-14(13)11-25-3/h4-8,10H,9,11H2,1-3H3,(H2,20,21,24). The van der Waals surface area contributed by atoms with Crippen LogP contribution in [0.3, 0.4) is 0 Å². The number of anilines is 1. The zero-order valence-electron chi connectivity index (χ0n) is 14.5. The van der Waals surface area contributed by atoms with E-state index < -0.39 is 0 Å². The van der Waals surface area contributed by atoms with Crippen LogP contribution >= 0.6 is 0 Å². The molecule has 0 bridgehead atoms. The molecule has 3 aromatic rings. The number of methoxy groups -OCH3 is 1. The van der Waals surface area contributed by atoms with Crippen molar-refractivity contribution in [1.29, 1.82) is 0 Å². The minimum atomic E-state index is -0.282. The molecule has 130 valence electrons. The molecule has 7 nitrogen and oxygen atoms in total. The molecule has 0 unspecified atom stereocenters. The van der Waals surface area contributed by atoms with Gasteiger partial charge in [-0.1, -0.05) is 24.3 Å². The number of ether oxygens (including phenoxy) is 1. The fourth-order valence-corrected chi connectivity index (χ4v) is 2.75. The van der Waals surface area contributed by atoms with E-state index in [2.05, 4.69) is 20.7 Å². The molecule has 2 amide bonds. The number of carbonyl (C=O) groups excluding carboxylic acids is 1. The summed E-state index contributed by atoms with van der Waals surface area (Å²) in [5.41, 5.74) is 4.38. The Labute approximate surface area is 146 Å². The maximum atomic E-state index is 12.2. The predicted octanol–water partition coefficient (Wildman–Crippen LogP) is 2.74. The van der Waals surface area contributed by atoms with Gasteiger partial charge in [0.2, 0.25) is 0 Å². The third-order valence-corrected chi connectivity index (χ3v) is 3.98. The zero-order chi connectivity index (χ0) is 17.8. The number of fused-ring (bicyclic) bond motifs is 1. The highest BCUT2D eigenvalue weighted by Crippen LogP contribution is 2.19. The highest BCUT2D eigenvalue weighted by molar-refractivity contribution is 5.92. The Morgan fingerprint density at radius 1 is 1.28 bits per heavy atom. The smallest absolute Gasteiger partial charge is 0.319 e. The van der Waals surface area contributed by atoms with E-state index in [4.69, 9.17) is 4.74 Å². The summed E-state index contributed by atoms with van der Waals surface area (Å²) in [5, 5.41) is 10.9. The van der Waals surface area contributed by atoms with Crippen LogP contribution in [-0.2, 0) is 24.9 Å². The number of nitrogens with zero attached hydrogens (tertiary/aromatic N) is 3. The molecule has 1 aromatic carbocycles. The van der Waals surface area contributed by atoms with Crippen molar-refractivity contribution in [2.24, 2.45) is 7.05 Å². The number of urea groups is 1. The van der Waals surface area contributed by atoms with Crippen molar-refractivity contribution in [2.45, 2.75) is 20.1 Å². The van der Waals surface area contributed by atoms with Crippen LogP contribution in [0.4, 0.5) is 10.5 Å². The molecule has 0 aliphatic rings. The second-order valence-electron chi connectivity index (χ2n) is 5.81. The Morgan fingerprint density at radius 3 is 2.80 bits per heavy atom. The van der Waals surface area contributed by atoms with Gasteiger partial charge in [-0.2, -0.15) is 5.10 Å². The Hall–Kier alpha value is -2.93. The second kappa shape index (κ2) is 7.31. The summed E-state index contributed by atoms with van der Waals surface area (Å²) in [6.45, 7) is 2.86. The van der Waals surface area contributed by atoms with E-state index in [9.17, 15) is 4.79 Å². The number of pyridine rings is 1. The maximum Gasteiger partial charge on any atom is 0.319 e. The van der Waals surface area contributed by atoms with Gasteiger partial charge < -0.3 is 15.4 Å². The first-order chi connectivity index (χ1) is 12.1. The van der Waals surface area contributed by atoms with Crippen molar-refractivity contribution >= 4 is 22.8 Å². The Kier molecular flexibility index (Phi) is 4.95. The molecule has 0 saturated heterocycles. The molecule has 2 heterocycles. The van der Waals surface area contributed by atoms with Gasteiger partial charge in [0.05, 0.1) is 24.2 Å². The average molecular weight is 339 g/mol. The van der Waals surface area contributed by atoms with Crippen molar-refractivity contribution in [3.05, 3.63) is 53.3 Å². The molecule has 0 saturated carbocycles. The van der Waals surface area contributed by atoms with Crippen LogP contribution in [0.2, 0.25) is 0 Å². The fourth-order valence-electron chi connectivity index (χ4n) is 2.75. The molecule has 0 atom stereocenters. The van der Waals surface area contributed by atoms with Crippen LogP contribution in [0.25, 0.3) is 11.0 Å². The molecule has 0 radical (unpaired) electrons. The number of hydrogen-bond donors (Lipinski definition) is 2. The summed E-state index contributed by atoms with van der Waals surface area (Å²) in [7, 11) is 3.50. The van der Waals surface area contributed by atoms with E-state index in [1.165, 1.54) is 0 Å². The van der Waals surface area contributed by atoms with Gasteiger partial charge in [0.25, 0.3) is 0 Å². The van der Waals surface area contributed by atoms with Crippen molar-refractivity contribution < 1.29 is 9.53 Å². The lowest BCUT2D eigenvalue weighted by Gasteiger charge is -2.11. The SMILES string of the molecule is COCc1ccccc1CNC(=O)Nc1cnc2c(c1)c(C)nn2C. The van der Waals surface area contributed by atoms with Gasteiger partial charge in [0, 0.05) is 26.1 Å². The molecule has 0 spiro atoms. The lowest BCUT2D eigenvalue weighted by Crippen LogP contribution is -2.28. The number of hydrogen-bond acceptors (Lipinski definition) is 4. The van der Waals surface area contributed by atoms with E-state index >= 15 is 0 Å². The first-order valence-corrected chi connectivity index (χ1v) is 7.98. The zero-order valence-corrected chi connectivity index (χ0v) is 14.5. The number of benzene rings is 1. The van der Waals surface area contributed by atoms with Crippen molar-refractivity contribution in [3.63, 3.8) is 0 Å². The van der Waals surface area contributed by atoms with E-state index in [1.807, 2.05) is 44.3 Å². The van der Waals surface area contributed by atoms with Crippen LogP contribution in [-0.4, -0.2) is 27.9 Å². The normalized spacial score (nSPS) is 10.8. The lowest BCUT2D eigenvalue weighted by atomic mass is 10.1. The monoisotopic (exact) mass is 339 g/mol. The van der Waals surface area contributed by atoms with Gasteiger partial charge in [-0.3, -0.25) is 4.68 Å². The van der Waals surface area contributed by atoms with E-state index in [0.29, 0.717) is 18.8 Å². The quantitative estimate of drug-likeness (QED) is 0.749. The van der Waals surface area contributed by atoms with E-state index in [1.54, 1.807) is 18.0 Å². The highest BCUT2D eigenvalue weighted by Gasteiger charge is 2.09. The summed E-state index contributed by atoms with van der Waals surface area (Å²) >= 11 is 0. The van der Waals surface area contributed by atoms with Crippen LogP contribution in [0.5, 0.6) is 0 Å². The Bertz CT molecular complexity index is 904. The molecule has 2 N–H and O–H groups in total. The van der Waals surface area contributed by atoms with Gasteiger partial charge >= 0.3 is 6.03 Å². The number of amides is 2. The van der Waals surface area contributed by atoms with E-state index in [-0.39, 0.29) is 6.03 Å². The minimum Gasteiger partial charge on any atom is -0.380 e. The summed E-state index contributed by atoms with van der Waals surface area (Å²) in [5.74, 6) is 0. The molecule has 25 heavy (non-hydrogen) atoms. The largest absolute Gasteiger partial charge is 0.380 e. The van der Waals surface area contributed by atoms with Gasteiger partial charge in [0.15, 0.2) is 5.65 Å². The number of nitrogens with one attached hydrogen (secondary N) is 2. The number of aromatic nitrogens is 3. The Morgan fingerprint density at radius 2 is 2.04 bits per heavy atom. The molecular weight excluding hydrogens is 318 g/mol. The third kappa shape index (κ3) is 3.77. The minimum absolute atomic E-state index is 0.282. The topological polar surface area (TPSA) is 81.1 Å². The van der Waals surface area contributed by atoms with Crippen molar-refractivity contribution in [3.8, 4) is 0 Å². The number of aryl methyl sites for hydroxylation is 2. The molecule has 2 aromatic heterocycles. The molecule has 0 aliphatic heterocycles. The molecule has 7 heteroatoms. The van der Waals surface area contributed by atoms with E-state index in [0.717, 1.165) is 27.9 Å². The summed E-state index contributed by atoms with van der Waals surface area (Å²) in [6, 6.07) is 9.45. The third-order valence-electron chi connectivity index (χ3n) is 3.98. The van der Waals surface area contributed by atoms with Crippen LogP contribution in [0, 0.1) is 6.92 Å². The van der Waals surface area contributed by atoms with Crippen molar-refractivity contribution in [1.82, 2.24) is 20.1 Å². The predicted molar refractivity (Wildman–Crippen MR) is 96.3 cm³/mol. The van der Waals surface area contributed by atoms with Crippen LogP contribution in [0.1, 0.15) is 16.8 Å². The van der Waals surface area contributed by atoms with Crippen LogP contribution < -0.4 is 10.6 Å².